The summed E-state index contributed by atoms with van der Waals surface area (Å²) in [5.74, 6) is -0.0994. The summed E-state index contributed by atoms with van der Waals surface area (Å²) in [5.41, 5.74) is -0.521. The van der Waals surface area contributed by atoms with Gasteiger partial charge in [0.1, 0.15) is 11.8 Å². The maximum atomic E-state index is 12.6. The van der Waals surface area contributed by atoms with E-state index in [2.05, 4.69) is 0 Å². The molecule has 0 saturated carbocycles. The van der Waals surface area contributed by atoms with E-state index >= 15 is 0 Å². The molecule has 7 heteroatoms. The SMILES string of the molecule is CC1(C)C(Oc2cccc([N+](=O)[O-])c2C#N)N1C(=O)c1ccccc1. The number of carbonyl (C=O) groups excluding carboxylic acids is 1. The second-order valence-electron chi connectivity index (χ2n) is 6.18. The number of amides is 1. The fourth-order valence-electron chi connectivity index (χ4n) is 2.74. The van der Waals surface area contributed by atoms with Gasteiger partial charge in [0.05, 0.1) is 10.5 Å². The number of ether oxygens (including phenoxy) is 1. The maximum absolute atomic E-state index is 12.6. The maximum Gasteiger partial charge on any atom is 0.290 e. The predicted octanol–water partition coefficient (Wildman–Crippen LogP) is 3.11. The Morgan fingerprint density at radius 1 is 1.24 bits per heavy atom. The molecule has 0 bridgehead atoms. The average molecular weight is 337 g/mol. The quantitative estimate of drug-likeness (QED) is 0.485. The van der Waals surface area contributed by atoms with Gasteiger partial charge in [0.15, 0.2) is 11.8 Å². The summed E-state index contributed by atoms with van der Waals surface area (Å²) >= 11 is 0. The predicted molar refractivity (Wildman–Crippen MR) is 88.9 cm³/mol. The highest BCUT2D eigenvalue weighted by Crippen LogP contribution is 2.44. The molecule has 0 aliphatic carbocycles. The monoisotopic (exact) mass is 337 g/mol. The van der Waals surface area contributed by atoms with E-state index in [1.807, 2.05) is 26.0 Å². The molecule has 0 spiro atoms. The second-order valence-corrected chi connectivity index (χ2v) is 6.18. The lowest BCUT2D eigenvalue weighted by atomic mass is 10.1. The Hall–Kier alpha value is -3.40. The Balaban J connectivity index is 1.87. The van der Waals surface area contributed by atoms with Gasteiger partial charge in [-0.2, -0.15) is 5.26 Å². The number of nitrogens with zero attached hydrogens (tertiary/aromatic N) is 3. The van der Waals surface area contributed by atoms with Crippen molar-refractivity contribution in [1.29, 1.82) is 5.26 Å². The minimum atomic E-state index is -0.629. The van der Waals surface area contributed by atoms with Gasteiger partial charge in [-0.15, -0.1) is 0 Å². The van der Waals surface area contributed by atoms with Crippen LogP contribution in [0, 0.1) is 21.4 Å². The van der Waals surface area contributed by atoms with E-state index in [1.165, 1.54) is 18.2 Å². The van der Waals surface area contributed by atoms with Crippen LogP contribution in [0.3, 0.4) is 0 Å². The van der Waals surface area contributed by atoms with Gasteiger partial charge in [-0.3, -0.25) is 19.8 Å². The molecule has 1 heterocycles. The van der Waals surface area contributed by atoms with Gasteiger partial charge in [-0.25, -0.2) is 0 Å². The summed E-state index contributed by atoms with van der Waals surface area (Å²) in [6.45, 7) is 3.67. The van der Waals surface area contributed by atoms with Crippen LogP contribution in [0.4, 0.5) is 5.69 Å². The van der Waals surface area contributed by atoms with Gasteiger partial charge in [-0.1, -0.05) is 24.3 Å². The summed E-state index contributed by atoms with van der Waals surface area (Å²) in [6, 6.07) is 14.8. The third kappa shape index (κ3) is 2.78. The van der Waals surface area contributed by atoms with E-state index in [9.17, 15) is 20.2 Å². The van der Waals surface area contributed by atoms with Crippen molar-refractivity contribution in [2.24, 2.45) is 0 Å². The van der Waals surface area contributed by atoms with Crippen LogP contribution in [0.15, 0.2) is 48.5 Å². The topological polar surface area (TPSA) is 96.2 Å². The molecule has 1 atom stereocenters. The van der Waals surface area contributed by atoms with Crippen molar-refractivity contribution in [3.05, 3.63) is 69.8 Å². The first kappa shape index (κ1) is 16.5. The van der Waals surface area contributed by atoms with Crippen molar-refractivity contribution in [3.63, 3.8) is 0 Å². The van der Waals surface area contributed by atoms with Crippen molar-refractivity contribution in [2.45, 2.75) is 25.6 Å². The van der Waals surface area contributed by atoms with Crippen LogP contribution in [0.25, 0.3) is 0 Å². The highest BCUT2D eigenvalue weighted by atomic mass is 16.6. The van der Waals surface area contributed by atoms with Gasteiger partial charge in [-0.05, 0) is 32.0 Å². The lowest BCUT2D eigenvalue weighted by molar-refractivity contribution is -0.385. The zero-order valence-corrected chi connectivity index (χ0v) is 13.7. The van der Waals surface area contributed by atoms with E-state index in [1.54, 1.807) is 29.2 Å². The van der Waals surface area contributed by atoms with Crippen molar-refractivity contribution >= 4 is 11.6 Å². The Bertz CT molecular complexity index is 887. The lowest BCUT2D eigenvalue weighted by Crippen LogP contribution is -2.18. The van der Waals surface area contributed by atoms with Crippen LogP contribution in [-0.4, -0.2) is 27.5 Å². The molecule has 1 amide bonds. The highest BCUT2D eigenvalue weighted by molar-refractivity contribution is 5.96. The standard InChI is InChI=1S/C18H15N3O4/c1-18(2)17(20(18)16(22)12-7-4-3-5-8-12)25-15-10-6-9-14(21(23)24)13(15)11-19/h3-10,17H,1-2H3. The van der Waals surface area contributed by atoms with Crippen LogP contribution in [0.5, 0.6) is 5.75 Å². The lowest BCUT2D eigenvalue weighted by Gasteiger charge is -2.08. The van der Waals surface area contributed by atoms with E-state index < -0.39 is 16.7 Å². The van der Waals surface area contributed by atoms with E-state index in [0.29, 0.717) is 5.56 Å². The highest BCUT2D eigenvalue weighted by Gasteiger charge is 2.61. The number of carbonyl (C=O) groups is 1. The molecule has 0 radical (unpaired) electrons. The first-order valence-corrected chi connectivity index (χ1v) is 7.61. The molecule has 1 aliphatic rings. The van der Waals surface area contributed by atoms with Crippen LogP contribution in [-0.2, 0) is 0 Å². The zero-order chi connectivity index (χ0) is 18.2. The number of hydrogen-bond acceptors (Lipinski definition) is 5. The summed E-state index contributed by atoms with van der Waals surface area (Å²) in [4.78, 5) is 24.6. The van der Waals surface area contributed by atoms with Crippen molar-refractivity contribution in [3.8, 4) is 11.8 Å². The molecule has 2 aromatic carbocycles. The van der Waals surface area contributed by atoms with Crippen LogP contribution >= 0.6 is 0 Å². The zero-order valence-electron chi connectivity index (χ0n) is 13.7. The van der Waals surface area contributed by atoms with Gasteiger partial charge in [0, 0.05) is 11.6 Å². The molecule has 2 aromatic rings. The van der Waals surface area contributed by atoms with E-state index in [0.717, 1.165) is 0 Å². The molecule has 1 unspecified atom stereocenters. The minimum absolute atomic E-state index is 0.0955. The first-order valence-electron chi connectivity index (χ1n) is 7.61. The molecule has 7 nitrogen and oxygen atoms in total. The van der Waals surface area contributed by atoms with Crippen molar-refractivity contribution in [2.75, 3.05) is 0 Å². The smallest absolute Gasteiger partial charge is 0.290 e. The Morgan fingerprint density at radius 3 is 2.52 bits per heavy atom. The Morgan fingerprint density at radius 2 is 1.92 bits per heavy atom. The van der Waals surface area contributed by atoms with Gasteiger partial charge < -0.3 is 4.74 Å². The number of nitro benzene ring substituents is 1. The third-order valence-electron chi connectivity index (χ3n) is 4.18. The first-order chi connectivity index (χ1) is 11.9. The van der Waals surface area contributed by atoms with Gasteiger partial charge in [0.2, 0.25) is 0 Å². The molecule has 1 saturated heterocycles. The fourth-order valence-corrected chi connectivity index (χ4v) is 2.74. The van der Waals surface area contributed by atoms with Gasteiger partial charge >= 0.3 is 0 Å². The molecule has 3 rings (SSSR count). The molecule has 1 aliphatic heterocycles. The molecule has 0 N–H and O–H groups in total. The number of rotatable bonds is 4. The van der Waals surface area contributed by atoms with Crippen molar-refractivity contribution < 1.29 is 14.5 Å². The molecular formula is C18H15N3O4. The van der Waals surface area contributed by atoms with Gasteiger partial charge in [0.25, 0.3) is 11.6 Å². The Kier molecular flexibility index (Phi) is 3.89. The van der Waals surface area contributed by atoms with Crippen LogP contribution < -0.4 is 4.74 Å². The summed E-state index contributed by atoms with van der Waals surface area (Å²) in [5, 5.41) is 20.3. The summed E-state index contributed by atoms with van der Waals surface area (Å²) in [7, 11) is 0. The summed E-state index contributed by atoms with van der Waals surface area (Å²) in [6.07, 6.45) is -0.602. The molecule has 25 heavy (non-hydrogen) atoms. The number of hydrogen-bond donors (Lipinski definition) is 0. The molecule has 1 fully saturated rings. The second kappa shape index (κ2) is 5.91. The third-order valence-corrected chi connectivity index (χ3v) is 4.18. The molecule has 126 valence electrons. The summed E-state index contributed by atoms with van der Waals surface area (Å²) < 4.78 is 5.79. The number of nitriles is 1. The largest absolute Gasteiger partial charge is 0.466 e. The van der Waals surface area contributed by atoms with E-state index in [-0.39, 0.29) is 22.9 Å². The molecular weight excluding hydrogens is 322 g/mol. The number of benzene rings is 2. The average Bonchev–Trinajstić information content (AvgIpc) is 3.14. The normalized spacial score (nSPS) is 17.5. The van der Waals surface area contributed by atoms with Crippen LogP contribution in [0.1, 0.15) is 29.8 Å². The Labute approximate surface area is 144 Å². The van der Waals surface area contributed by atoms with Crippen LogP contribution in [0.2, 0.25) is 0 Å². The fraction of sp³-hybridized carbons (Fsp3) is 0.222. The number of nitro groups is 1. The van der Waals surface area contributed by atoms with Crippen molar-refractivity contribution in [1.82, 2.24) is 4.90 Å². The minimum Gasteiger partial charge on any atom is -0.466 e. The van der Waals surface area contributed by atoms with E-state index in [4.69, 9.17) is 4.74 Å². The molecule has 0 aromatic heterocycles.